The molecule has 1 N–H and O–H groups in total. The first-order valence-corrected chi connectivity index (χ1v) is 9.88. The molecule has 9 nitrogen and oxygen atoms in total. The first-order chi connectivity index (χ1) is 15.7. The standard InChI is InChI=1S/C24H22N2O7/c1-13-5-6-20-18(7-13)19(8-14(2)25-20)24(30)33-12-21(27)26-17-10-15(22(28)31-3)9-16(11-17)23(29)32-4/h5-11H,12H2,1-4H3,(H,26,27). The minimum atomic E-state index is -0.696. The third-order valence-electron chi connectivity index (χ3n) is 4.71. The van der Waals surface area contributed by atoms with Crippen LogP contribution in [0.1, 0.15) is 42.3 Å². The van der Waals surface area contributed by atoms with Gasteiger partial charge in [0, 0.05) is 16.8 Å². The monoisotopic (exact) mass is 450 g/mol. The van der Waals surface area contributed by atoms with Gasteiger partial charge in [-0.05, 0) is 50.2 Å². The number of carbonyl (C=O) groups is 4. The molecule has 0 fully saturated rings. The van der Waals surface area contributed by atoms with Crippen molar-refractivity contribution >= 4 is 40.4 Å². The summed E-state index contributed by atoms with van der Waals surface area (Å²) in [6, 6.07) is 11.1. The van der Waals surface area contributed by atoms with Crippen molar-refractivity contribution in [2.45, 2.75) is 13.8 Å². The van der Waals surface area contributed by atoms with E-state index in [9.17, 15) is 19.2 Å². The molecule has 170 valence electrons. The SMILES string of the molecule is COC(=O)c1cc(NC(=O)COC(=O)c2cc(C)nc3ccc(C)cc23)cc(C(=O)OC)c1. The van der Waals surface area contributed by atoms with Crippen LogP contribution >= 0.6 is 0 Å². The molecule has 0 radical (unpaired) electrons. The Labute approximate surface area is 189 Å². The number of rotatable bonds is 6. The highest BCUT2D eigenvalue weighted by Gasteiger charge is 2.18. The van der Waals surface area contributed by atoms with Gasteiger partial charge in [0.2, 0.25) is 0 Å². The van der Waals surface area contributed by atoms with Crippen molar-refractivity contribution in [3.8, 4) is 0 Å². The fraction of sp³-hybridized carbons (Fsp3) is 0.208. The van der Waals surface area contributed by atoms with E-state index in [4.69, 9.17) is 4.74 Å². The van der Waals surface area contributed by atoms with E-state index < -0.39 is 30.4 Å². The predicted molar refractivity (Wildman–Crippen MR) is 119 cm³/mol. The van der Waals surface area contributed by atoms with E-state index in [1.54, 1.807) is 13.0 Å². The summed E-state index contributed by atoms with van der Waals surface area (Å²) in [5, 5.41) is 3.13. The number of fused-ring (bicyclic) bond motifs is 1. The van der Waals surface area contributed by atoms with Crippen molar-refractivity contribution in [1.29, 1.82) is 0 Å². The molecule has 2 aromatic carbocycles. The number of methoxy groups -OCH3 is 2. The summed E-state index contributed by atoms with van der Waals surface area (Å²) in [6.07, 6.45) is 0. The Bertz CT molecular complexity index is 1230. The lowest BCUT2D eigenvalue weighted by Gasteiger charge is -2.11. The smallest absolute Gasteiger partial charge is 0.339 e. The van der Waals surface area contributed by atoms with Crippen LogP contribution in [0.2, 0.25) is 0 Å². The van der Waals surface area contributed by atoms with Gasteiger partial charge >= 0.3 is 17.9 Å². The second-order valence-electron chi connectivity index (χ2n) is 7.24. The van der Waals surface area contributed by atoms with Crippen LogP contribution in [0.5, 0.6) is 0 Å². The third kappa shape index (κ3) is 5.51. The molecule has 0 spiro atoms. The van der Waals surface area contributed by atoms with Crippen LogP contribution in [0, 0.1) is 13.8 Å². The Kier molecular flexibility index (Phi) is 7.02. The molecule has 0 saturated carbocycles. The van der Waals surface area contributed by atoms with Crippen LogP contribution in [0.15, 0.2) is 42.5 Å². The number of pyridine rings is 1. The van der Waals surface area contributed by atoms with E-state index in [0.29, 0.717) is 22.2 Å². The van der Waals surface area contributed by atoms with Crippen LogP contribution in [-0.2, 0) is 19.0 Å². The molecule has 1 heterocycles. The van der Waals surface area contributed by atoms with Crippen molar-refractivity contribution in [1.82, 2.24) is 4.98 Å². The lowest BCUT2D eigenvalue weighted by atomic mass is 10.1. The van der Waals surface area contributed by atoms with Crippen LogP contribution in [-0.4, -0.2) is 49.6 Å². The summed E-state index contributed by atoms with van der Waals surface area (Å²) < 4.78 is 14.5. The fourth-order valence-corrected chi connectivity index (χ4v) is 3.22. The first kappa shape index (κ1) is 23.4. The number of amides is 1. The van der Waals surface area contributed by atoms with Gasteiger partial charge in [-0.1, -0.05) is 11.6 Å². The van der Waals surface area contributed by atoms with Gasteiger partial charge in [0.25, 0.3) is 5.91 Å². The summed E-state index contributed by atoms with van der Waals surface area (Å²) in [5.41, 5.74) is 2.76. The second-order valence-corrected chi connectivity index (χ2v) is 7.24. The molecule has 1 amide bonds. The molecule has 0 aliphatic carbocycles. The van der Waals surface area contributed by atoms with E-state index in [1.165, 1.54) is 32.4 Å². The van der Waals surface area contributed by atoms with Crippen molar-refractivity contribution in [3.05, 3.63) is 70.4 Å². The van der Waals surface area contributed by atoms with Gasteiger partial charge in [-0.15, -0.1) is 0 Å². The highest BCUT2D eigenvalue weighted by molar-refractivity contribution is 6.05. The van der Waals surface area contributed by atoms with Crippen LogP contribution in [0.3, 0.4) is 0 Å². The molecule has 0 aliphatic heterocycles. The Morgan fingerprint density at radius 3 is 2.09 bits per heavy atom. The van der Waals surface area contributed by atoms with Crippen LogP contribution in [0.25, 0.3) is 10.9 Å². The highest BCUT2D eigenvalue weighted by atomic mass is 16.5. The molecule has 0 unspecified atom stereocenters. The second kappa shape index (κ2) is 9.90. The zero-order chi connectivity index (χ0) is 24.1. The minimum absolute atomic E-state index is 0.0433. The molecule has 0 atom stereocenters. The maximum atomic E-state index is 12.7. The van der Waals surface area contributed by atoms with Gasteiger partial charge in [-0.25, -0.2) is 14.4 Å². The topological polar surface area (TPSA) is 121 Å². The summed E-state index contributed by atoms with van der Waals surface area (Å²) in [6.45, 7) is 3.08. The van der Waals surface area contributed by atoms with Crippen molar-refractivity contribution < 1.29 is 33.4 Å². The van der Waals surface area contributed by atoms with Gasteiger partial charge in [0.05, 0.1) is 36.4 Å². The molecule has 0 bridgehead atoms. The lowest BCUT2D eigenvalue weighted by Crippen LogP contribution is -2.21. The fourth-order valence-electron chi connectivity index (χ4n) is 3.22. The average Bonchev–Trinajstić information content (AvgIpc) is 2.80. The Morgan fingerprint density at radius 2 is 1.48 bits per heavy atom. The Morgan fingerprint density at radius 1 is 0.848 bits per heavy atom. The quantitative estimate of drug-likeness (QED) is 0.449. The number of aryl methyl sites for hydroxylation is 2. The van der Waals surface area contributed by atoms with E-state index in [0.717, 1.165) is 5.56 Å². The van der Waals surface area contributed by atoms with E-state index in [1.807, 2.05) is 25.1 Å². The summed E-state index contributed by atoms with van der Waals surface area (Å²) in [4.78, 5) is 53.3. The number of anilines is 1. The van der Waals surface area contributed by atoms with Crippen molar-refractivity contribution in [2.24, 2.45) is 0 Å². The molecular weight excluding hydrogens is 428 g/mol. The van der Waals surface area contributed by atoms with Crippen molar-refractivity contribution in [2.75, 3.05) is 26.1 Å². The third-order valence-corrected chi connectivity index (χ3v) is 4.71. The molecule has 3 aromatic rings. The van der Waals surface area contributed by atoms with Gasteiger partial charge in [0.15, 0.2) is 6.61 Å². The number of nitrogens with zero attached hydrogens (tertiary/aromatic N) is 1. The summed E-state index contributed by atoms with van der Waals surface area (Å²) in [7, 11) is 2.38. The number of carbonyl (C=O) groups excluding carboxylic acids is 4. The maximum Gasteiger partial charge on any atom is 0.339 e. The summed E-state index contributed by atoms with van der Waals surface area (Å²) >= 11 is 0. The van der Waals surface area contributed by atoms with E-state index in [-0.39, 0.29) is 16.8 Å². The number of esters is 3. The molecule has 3 rings (SSSR count). The van der Waals surface area contributed by atoms with Gasteiger partial charge in [0.1, 0.15) is 0 Å². The number of ether oxygens (including phenoxy) is 3. The van der Waals surface area contributed by atoms with Crippen LogP contribution in [0.4, 0.5) is 5.69 Å². The Balaban J connectivity index is 1.76. The average molecular weight is 450 g/mol. The lowest BCUT2D eigenvalue weighted by molar-refractivity contribution is -0.119. The van der Waals surface area contributed by atoms with Gasteiger partial charge in [-0.3, -0.25) is 9.78 Å². The zero-order valence-electron chi connectivity index (χ0n) is 18.6. The molecule has 9 heteroatoms. The Hall–Kier alpha value is -4.27. The molecule has 1 aromatic heterocycles. The molecule has 0 aliphatic rings. The zero-order valence-corrected chi connectivity index (χ0v) is 18.6. The number of nitrogens with one attached hydrogen (secondary N) is 1. The number of hydrogen-bond acceptors (Lipinski definition) is 8. The normalized spacial score (nSPS) is 10.4. The van der Waals surface area contributed by atoms with E-state index >= 15 is 0 Å². The van der Waals surface area contributed by atoms with Gasteiger partial charge in [-0.2, -0.15) is 0 Å². The number of hydrogen-bond donors (Lipinski definition) is 1. The minimum Gasteiger partial charge on any atom is -0.465 e. The number of aromatic nitrogens is 1. The highest BCUT2D eigenvalue weighted by Crippen LogP contribution is 2.21. The largest absolute Gasteiger partial charge is 0.465 e. The van der Waals surface area contributed by atoms with Crippen LogP contribution < -0.4 is 5.32 Å². The predicted octanol–water partition coefficient (Wildman–Crippen LogP) is 3.22. The summed E-state index contributed by atoms with van der Waals surface area (Å²) in [5.74, 6) is -2.73. The van der Waals surface area contributed by atoms with Crippen molar-refractivity contribution in [3.63, 3.8) is 0 Å². The molecule has 0 saturated heterocycles. The maximum absolute atomic E-state index is 12.7. The molecular formula is C24H22N2O7. The first-order valence-electron chi connectivity index (χ1n) is 9.88. The molecule has 33 heavy (non-hydrogen) atoms. The van der Waals surface area contributed by atoms with E-state index in [2.05, 4.69) is 19.8 Å². The van der Waals surface area contributed by atoms with Gasteiger partial charge < -0.3 is 19.5 Å². The number of benzene rings is 2.